The van der Waals surface area contributed by atoms with Crippen LogP contribution in [0.25, 0.3) is 0 Å². The van der Waals surface area contributed by atoms with Crippen LogP contribution in [-0.4, -0.2) is 6.29 Å². The van der Waals surface area contributed by atoms with Crippen LogP contribution in [0.4, 0.5) is 0 Å². The van der Waals surface area contributed by atoms with Crippen molar-refractivity contribution >= 4 is 17.6 Å². The van der Waals surface area contributed by atoms with Gasteiger partial charge in [-0.3, -0.25) is 0 Å². The first kappa shape index (κ1) is 15.2. The van der Waals surface area contributed by atoms with Gasteiger partial charge in [-0.05, 0) is 56.0 Å². The third-order valence-electron chi connectivity index (χ3n) is 3.39. The Kier molecular flexibility index (Phi) is 5.33. The van der Waals surface area contributed by atoms with E-state index in [1.807, 2.05) is 6.92 Å². The zero-order valence-electron chi connectivity index (χ0n) is 12.1. The highest BCUT2D eigenvalue weighted by Gasteiger charge is 2.28. The lowest BCUT2D eigenvalue weighted by Crippen LogP contribution is -2.24. The summed E-state index contributed by atoms with van der Waals surface area (Å²) in [5.74, 6) is 0.112. The minimum atomic E-state index is 0.0718. The lowest BCUT2D eigenvalue weighted by Gasteiger charge is -2.29. The molecule has 0 aliphatic rings. The SMILES string of the molecule is CC(C)=CCC(C)(CC(C)C=O)c1csc(C)c1. The van der Waals surface area contributed by atoms with Crippen LogP contribution in [0.2, 0.25) is 0 Å². The van der Waals surface area contributed by atoms with Crippen LogP contribution in [0, 0.1) is 12.8 Å². The van der Waals surface area contributed by atoms with Crippen LogP contribution in [0.15, 0.2) is 23.1 Å². The van der Waals surface area contributed by atoms with E-state index < -0.39 is 0 Å². The summed E-state index contributed by atoms with van der Waals surface area (Å²) in [6, 6.07) is 2.26. The van der Waals surface area contributed by atoms with Crippen molar-refractivity contribution in [3.05, 3.63) is 33.5 Å². The highest BCUT2D eigenvalue weighted by Crippen LogP contribution is 2.37. The molecule has 0 aliphatic heterocycles. The summed E-state index contributed by atoms with van der Waals surface area (Å²) >= 11 is 1.79. The summed E-state index contributed by atoms with van der Waals surface area (Å²) in [5, 5.41) is 2.24. The second-order valence-electron chi connectivity index (χ2n) is 5.81. The molecule has 0 N–H and O–H groups in total. The number of carbonyl (C=O) groups excluding carboxylic acids is 1. The average molecular weight is 264 g/mol. The second kappa shape index (κ2) is 6.33. The lowest BCUT2D eigenvalue weighted by atomic mass is 9.74. The molecule has 2 unspecified atom stereocenters. The van der Waals surface area contributed by atoms with Gasteiger partial charge in [-0.1, -0.05) is 25.5 Å². The summed E-state index contributed by atoms with van der Waals surface area (Å²) in [7, 11) is 0. The van der Waals surface area contributed by atoms with E-state index in [0.29, 0.717) is 0 Å². The third-order valence-corrected chi connectivity index (χ3v) is 4.25. The molecular formula is C16H24OS. The van der Waals surface area contributed by atoms with Crippen molar-refractivity contribution in [2.75, 3.05) is 0 Å². The van der Waals surface area contributed by atoms with E-state index in [1.165, 1.54) is 16.0 Å². The number of aldehydes is 1. The zero-order chi connectivity index (χ0) is 13.8. The molecule has 1 nitrogen and oxygen atoms in total. The second-order valence-corrected chi connectivity index (χ2v) is 6.93. The normalized spacial score (nSPS) is 15.8. The summed E-state index contributed by atoms with van der Waals surface area (Å²) in [6.45, 7) is 10.7. The Bertz CT molecular complexity index is 426. The van der Waals surface area contributed by atoms with Crippen molar-refractivity contribution in [3.8, 4) is 0 Å². The van der Waals surface area contributed by atoms with Gasteiger partial charge in [0.15, 0.2) is 0 Å². The molecule has 18 heavy (non-hydrogen) atoms. The highest BCUT2D eigenvalue weighted by molar-refractivity contribution is 7.10. The van der Waals surface area contributed by atoms with Gasteiger partial charge < -0.3 is 4.79 Å². The summed E-state index contributed by atoms with van der Waals surface area (Å²) in [5.41, 5.74) is 2.78. The molecular weight excluding hydrogens is 240 g/mol. The number of thiophene rings is 1. The molecule has 0 aromatic carbocycles. The largest absolute Gasteiger partial charge is 0.303 e. The molecule has 2 atom stereocenters. The molecule has 0 saturated heterocycles. The average Bonchev–Trinajstić information content (AvgIpc) is 2.74. The van der Waals surface area contributed by atoms with Crippen molar-refractivity contribution in [2.45, 2.75) is 52.9 Å². The Morgan fingerprint density at radius 3 is 2.61 bits per heavy atom. The van der Waals surface area contributed by atoms with Crippen LogP contribution in [0.5, 0.6) is 0 Å². The van der Waals surface area contributed by atoms with Crippen LogP contribution >= 0.6 is 11.3 Å². The predicted molar refractivity (Wildman–Crippen MR) is 80.3 cm³/mol. The Morgan fingerprint density at radius 1 is 1.50 bits per heavy atom. The van der Waals surface area contributed by atoms with Crippen molar-refractivity contribution in [2.24, 2.45) is 5.92 Å². The predicted octanol–water partition coefficient (Wildman–Crippen LogP) is 4.90. The zero-order valence-corrected chi connectivity index (χ0v) is 12.9. The van der Waals surface area contributed by atoms with Gasteiger partial charge in [-0.15, -0.1) is 11.3 Å². The van der Waals surface area contributed by atoms with E-state index in [0.717, 1.165) is 19.1 Å². The van der Waals surface area contributed by atoms with E-state index in [-0.39, 0.29) is 11.3 Å². The van der Waals surface area contributed by atoms with Crippen molar-refractivity contribution in [1.82, 2.24) is 0 Å². The molecule has 0 aliphatic carbocycles. The fourth-order valence-electron chi connectivity index (χ4n) is 2.27. The van der Waals surface area contributed by atoms with Crippen LogP contribution < -0.4 is 0 Å². The smallest absolute Gasteiger partial charge is 0.122 e. The van der Waals surface area contributed by atoms with Crippen molar-refractivity contribution in [3.63, 3.8) is 0 Å². The van der Waals surface area contributed by atoms with E-state index >= 15 is 0 Å². The molecule has 1 aromatic rings. The van der Waals surface area contributed by atoms with Crippen LogP contribution in [0.3, 0.4) is 0 Å². The summed E-state index contributed by atoms with van der Waals surface area (Å²) < 4.78 is 0. The van der Waals surface area contributed by atoms with Gasteiger partial charge >= 0.3 is 0 Å². The first-order valence-corrected chi connectivity index (χ1v) is 7.39. The molecule has 0 amide bonds. The molecule has 0 radical (unpaired) electrons. The lowest BCUT2D eigenvalue weighted by molar-refractivity contribution is -0.111. The molecule has 1 heterocycles. The Hall–Kier alpha value is -0.890. The molecule has 0 saturated carbocycles. The van der Waals surface area contributed by atoms with Crippen LogP contribution in [-0.2, 0) is 10.2 Å². The molecule has 1 rings (SSSR count). The number of hydrogen-bond acceptors (Lipinski definition) is 2. The first-order chi connectivity index (χ1) is 8.37. The van der Waals surface area contributed by atoms with Gasteiger partial charge in [0, 0.05) is 10.8 Å². The van der Waals surface area contributed by atoms with Gasteiger partial charge in [-0.25, -0.2) is 0 Å². The van der Waals surface area contributed by atoms with E-state index in [4.69, 9.17) is 0 Å². The van der Waals surface area contributed by atoms with Gasteiger partial charge in [0.25, 0.3) is 0 Å². The Balaban J connectivity index is 3.00. The van der Waals surface area contributed by atoms with Gasteiger partial charge in [0.2, 0.25) is 0 Å². The number of carbonyl (C=O) groups is 1. The maximum Gasteiger partial charge on any atom is 0.122 e. The Labute approximate surface area is 115 Å². The fraction of sp³-hybridized carbons (Fsp3) is 0.562. The van der Waals surface area contributed by atoms with Crippen LogP contribution in [0.1, 0.15) is 51.0 Å². The molecule has 2 heteroatoms. The topological polar surface area (TPSA) is 17.1 Å². The van der Waals surface area contributed by atoms with E-state index in [2.05, 4.69) is 45.2 Å². The first-order valence-electron chi connectivity index (χ1n) is 6.51. The highest BCUT2D eigenvalue weighted by atomic mass is 32.1. The number of aryl methyl sites for hydroxylation is 1. The monoisotopic (exact) mass is 264 g/mol. The minimum Gasteiger partial charge on any atom is -0.303 e. The third kappa shape index (κ3) is 4.09. The molecule has 0 bridgehead atoms. The number of hydrogen-bond donors (Lipinski definition) is 0. The number of rotatable bonds is 6. The van der Waals surface area contributed by atoms with Gasteiger partial charge in [-0.2, -0.15) is 0 Å². The molecule has 1 aromatic heterocycles. The maximum absolute atomic E-state index is 10.9. The summed E-state index contributed by atoms with van der Waals surface area (Å²) in [6.07, 6.45) is 5.27. The van der Waals surface area contributed by atoms with Gasteiger partial charge in [0.05, 0.1) is 0 Å². The fourth-order valence-corrected chi connectivity index (χ4v) is 3.13. The quantitative estimate of drug-likeness (QED) is 0.528. The Morgan fingerprint density at radius 2 is 2.17 bits per heavy atom. The van der Waals surface area contributed by atoms with E-state index in [1.54, 1.807) is 11.3 Å². The minimum absolute atomic E-state index is 0.0718. The van der Waals surface area contributed by atoms with Gasteiger partial charge in [0.1, 0.15) is 6.29 Å². The van der Waals surface area contributed by atoms with Crippen molar-refractivity contribution < 1.29 is 4.79 Å². The standard InChI is InChI=1S/C16H24OS/c1-12(2)6-7-16(5,9-13(3)10-17)15-8-14(4)18-11-15/h6,8,10-11,13H,7,9H2,1-5H3. The molecule has 100 valence electrons. The molecule has 0 spiro atoms. The number of allylic oxidation sites excluding steroid dienone is 2. The van der Waals surface area contributed by atoms with E-state index in [9.17, 15) is 4.79 Å². The maximum atomic E-state index is 10.9. The van der Waals surface area contributed by atoms with Crippen molar-refractivity contribution in [1.29, 1.82) is 0 Å². The summed E-state index contributed by atoms with van der Waals surface area (Å²) in [4.78, 5) is 12.3. The molecule has 0 fully saturated rings.